The Morgan fingerprint density at radius 3 is 2.52 bits per heavy atom. The Morgan fingerprint density at radius 2 is 1.95 bits per heavy atom. The summed E-state index contributed by atoms with van der Waals surface area (Å²) >= 11 is 0. The van der Waals surface area contributed by atoms with Gasteiger partial charge >= 0.3 is 0 Å². The Kier molecular flexibility index (Phi) is 5.39. The molecule has 0 fully saturated rings. The molecule has 0 spiro atoms. The van der Waals surface area contributed by atoms with Crippen LogP contribution in [0.4, 0.5) is 0 Å². The van der Waals surface area contributed by atoms with Crippen LogP contribution in [0.25, 0.3) is 0 Å². The van der Waals surface area contributed by atoms with E-state index in [2.05, 4.69) is 60.1 Å². The number of ether oxygens (including phenoxy) is 1. The van der Waals surface area contributed by atoms with E-state index in [0.29, 0.717) is 6.04 Å². The maximum atomic E-state index is 5.52. The molecular formula is C17H25N3O. The minimum atomic E-state index is 0.192. The van der Waals surface area contributed by atoms with Crippen molar-refractivity contribution in [1.82, 2.24) is 15.1 Å². The van der Waals surface area contributed by atoms with Gasteiger partial charge in [0.05, 0.1) is 25.0 Å². The van der Waals surface area contributed by atoms with Crippen molar-refractivity contribution < 1.29 is 4.74 Å². The van der Waals surface area contributed by atoms with Gasteiger partial charge in [-0.2, -0.15) is 5.10 Å². The largest absolute Gasteiger partial charge is 0.493 e. The first-order valence-electron chi connectivity index (χ1n) is 7.56. The van der Waals surface area contributed by atoms with E-state index >= 15 is 0 Å². The first kappa shape index (κ1) is 15.6. The van der Waals surface area contributed by atoms with Gasteiger partial charge in [-0.1, -0.05) is 37.3 Å². The molecule has 4 heteroatoms. The third-order valence-corrected chi connectivity index (χ3v) is 3.57. The highest BCUT2D eigenvalue weighted by atomic mass is 16.5. The average molecular weight is 287 g/mol. The number of benzene rings is 1. The lowest BCUT2D eigenvalue weighted by Gasteiger charge is -2.22. The van der Waals surface area contributed by atoms with Gasteiger partial charge in [-0.3, -0.25) is 4.68 Å². The molecule has 1 unspecified atom stereocenters. The van der Waals surface area contributed by atoms with Crippen molar-refractivity contribution in [2.24, 2.45) is 0 Å². The molecule has 1 N–H and O–H groups in total. The van der Waals surface area contributed by atoms with E-state index in [-0.39, 0.29) is 6.04 Å². The highest BCUT2D eigenvalue weighted by Crippen LogP contribution is 2.29. The predicted molar refractivity (Wildman–Crippen MR) is 85.7 cm³/mol. The van der Waals surface area contributed by atoms with Crippen LogP contribution >= 0.6 is 0 Å². The molecule has 0 saturated heterocycles. The molecule has 0 amide bonds. The number of hydrogen-bond acceptors (Lipinski definition) is 3. The Morgan fingerprint density at radius 1 is 1.24 bits per heavy atom. The average Bonchev–Trinajstić information content (AvgIpc) is 2.92. The maximum Gasteiger partial charge on any atom is 0.161 e. The minimum Gasteiger partial charge on any atom is -0.493 e. The summed E-state index contributed by atoms with van der Waals surface area (Å²) in [6, 6.07) is 11.0. The topological polar surface area (TPSA) is 39.1 Å². The summed E-state index contributed by atoms with van der Waals surface area (Å²) in [5.41, 5.74) is 2.43. The zero-order valence-corrected chi connectivity index (χ0v) is 13.3. The van der Waals surface area contributed by atoms with Crippen molar-refractivity contribution in [3.05, 3.63) is 47.8 Å². The number of nitrogens with zero attached hydrogens (tertiary/aromatic N) is 2. The van der Waals surface area contributed by atoms with E-state index in [1.807, 2.05) is 12.3 Å². The standard InChI is InChI=1S/C17H25N3O/c1-5-18-15(11-14-9-7-6-8-10-14)17-16(21-4)12-19-20(17)13(2)3/h6-10,12-13,15,18H,5,11H2,1-4H3. The minimum absolute atomic E-state index is 0.192. The lowest BCUT2D eigenvalue weighted by atomic mass is 10.0. The highest BCUT2D eigenvalue weighted by Gasteiger charge is 2.22. The van der Waals surface area contributed by atoms with Gasteiger partial charge in [-0.05, 0) is 32.4 Å². The number of rotatable bonds is 7. The summed E-state index contributed by atoms with van der Waals surface area (Å²) in [5.74, 6) is 0.852. The normalized spacial score (nSPS) is 12.6. The summed E-state index contributed by atoms with van der Waals surface area (Å²) < 4.78 is 7.57. The smallest absolute Gasteiger partial charge is 0.161 e. The van der Waals surface area contributed by atoms with E-state index < -0.39 is 0 Å². The van der Waals surface area contributed by atoms with Crippen LogP contribution in [0.1, 0.15) is 44.1 Å². The van der Waals surface area contributed by atoms with Gasteiger partial charge < -0.3 is 10.1 Å². The molecule has 0 bridgehead atoms. The van der Waals surface area contributed by atoms with Crippen LogP contribution in [0.3, 0.4) is 0 Å². The first-order valence-corrected chi connectivity index (χ1v) is 7.56. The number of methoxy groups -OCH3 is 1. The van der Waals surface area contributed by atoms with E-state index in [1.54, 1.807) is 7.11 Å². The molecule has 2 rings (SSSR count). The summed E-state index contributed by atoms with van der Waals surface area (Å²) in [4.78, 5) is 0. The quantitative estimate of drug-likeness (QED) is 0.848. The molecule has 0 radical (unpaired) electrons. The Labute approximate surface area is 127 Å². The number of nitrogens with one attached hydrogen (secondary N) is 1. The maximum absolute atomic E-state index is 5.52. The van der Waals surface area contributed by atoms with Gasteiger partial charge in [-0.25, -0.2) is 0 Å². The van der Waals surface area contributed by atoms with Gasteiger partial charge in [0.25, 0.3) is 0 Å². The number of hydrogen-bond donors (Lipinski definition) is 1. The molecule has 1 atom stereocenters. The van der Waals surface area contributed by atoms with Crippen LogP contribution in [-0.4, -0.2) is 23.4 Å². The van der Waals surface area contributed by atoms with Crippen LogP contribution in [0, 0.1) is 0 Å². The van der Waals surface area contributed by atoms with Crippen LogP contribution < -0.4 is 10.1 Å². The monoisotopic (exact) mass is 287 g/mol. The van der Waals surface area contributed by atoms with Crippen LogP contribution in [-0.2, 0) is 6.42 Å². The zero-order chi connectivity index (χ0) is 15.2. The molecule has 1 aromatic carbocycles. The van der Waals surface area contributed by atoms with E-state index in [1.165, 1.54) is 5.56 Å². The van der Waals surface area contributed by atoms with Gasteiger partial charge in [0, 0.05) is 6.04 Å². The summed E-state index contributed by atoms with van der Waals surface area (Å²) in [7, 11) is 1.71. The van der Waals surface area contributed by atoms with Gasteiger partial charge in [0.1, 0.15) is 0 Å². The Hall–Kier alpha value is -1.81. The first-order chi connectivity index (χ1) is 10.2. The molecule has 2 aromatic rings. The van der Waals surface area contributed by atoms with E-state index in [0.717, 1.165) is 24.4 Å². The molecule has 0 aliphatic heterocycles. The number of aromatic nitrogens is 2. The lowest BCUT2D eigenvalue weighted by Crippen LogP contribution is -2.26. The molecule has 0 aliphatic carbocycles. The van der Waals surface area contributed by atoms with Crippen LogP contribution in [0.2, 0.25) is 0 Å². The fraction of sp³-hybridized carbons (Fsp3) is 0.471. The van der Waals surface area contributed by atoms with E-state index in [9.17, 15) is 0 Å². The number of likely N-dealkylation sites (N-methyl/N-ethyl adjacent to an activating group) is 1. The molecular weight excluding hydrogens is 262 g/mol. The van der Waals surface area contributed by atoms with Crippen molar-refractivity contribution in [2.75, 3.05) is 13.7 Å². The summed E-state index contributed by atoms with van der Waals surface area (Å²) in [6.45, 7) is 7.31. The summed E-state index contributed by atoms with van der Waals surface area (Å²) in [5, 5.41) is 8.05. The molecule has 21 heavy (non-hydrogen) atoms. The molecule has 4 nitrogen and oxygen atoms in total. The zero-order valence-electron chi connectivity index (χ0n) is 13.3. The second-order valence-corrected chi connectivity index (χ2v) is 5.44. The van der Waals surface area contributed by atoms with Gasteiger partial charge in [0.15, 0.2) is 5.75 Å². The summed E-state index contributed by atoms with van der Waals surface area (Å²) in [6.07, 6.45) is 2.73. The third-order valence-electron chi connectivity index (χ3n) is 3.57. The fourth-order valence-electron chi connectivity index (χ4n) is 2.62. The highest BCUT2D eigenvalue weighted by molar-refractivity contribution is 5.31. The van der Waals surface area contributed by atoms with Crippen LogP contribution in [0.15, 0.2) is 36.5 Å². The van der Waals surface area contributed by atoms with Gasteiger partial charge in [-0.15, -0.1) is 0 Å². The second kappa shape index (κ2) is 7.27. The Balaban J connectivity index is 2.35. The third kappa shape index (κ3) is 3.64. The van der Waals surface area contributed by atoms with Gasteiger partial charge in [0.2, 0.25) is 0 Å². The Bertz CT molecular complexity index is 548. The second-order valence-electron chi connectivity index (χ2n) is 5.44. The van der Waals surface area contributed by atoms with Crippen LogP contribution in [0.5, 0.6) is 5.75 Å². The van der Waals surface area contributed by atoms with E-state index in [4.69, 9.17) is 4.74 Å². The lowest BCUT2D eigenvalue weighted by molar-refractivity contribution is 0.384. The predicted octanol–water partition coefficient (Wildman–Crippen LogP) is 3.37. The fourth-order valence-corrected chi connectivity index (χ4v) is 2.62. The van der Waals surface area contributed by atoms with Crippen molar-refractivity contribution in [2.45, 2.75) is 39.3 Å². The molecule has 114 valence electrons. The van der Waals surface area contributed by atoms with Crippen molar-refractivity contribution in [3.63, 3.8) is 0 Å². The van der Waals surface area contributed by atoms with Crippen molar-refractivity contribution in [3.8, 4) is 5.75 Å². The van der Waals surface area contributed by atoms with Crippen molar-refractivity contribution >= 4 is 0 Å². The molecule has 1 heterocycles. The molecule has 0 saturated carbocycles. The van der Waals surface area contributed by atoms with Crippen molar-refractivity contribution in [1.29, 1.82) is 0 Å². The molecule has 1 aromatic heterocycles. The molecule has 0 aliphatic rings. The SMILES string of the molecule is CCNC(Cc1ccccc1)c1c(OC)cnn1C(C)C.